The molecule has 0 aliphatic carbocycles. The summed E-state index contributed by atoms with van der Waals surface area (Å²) in [4.78, 5) is 0. The monoisotopic (exact) mass is 372 g/mol. The molecule has 0 heterocycles. The maximum absolute atomic E-state index is 2.42. The highest BCUT2D eigenvalue weighted by molar-refractivity contribution is 14.1. The fourth-order valence-corrected chi connectivity index (χ4v) is 2.36. The second-order valence-electron chi connectivity index (χ2n) is 2.34. The quantitative estimate of drug-likeness (QED) is 0.562. The number of benzene rings is 1. The first kappa shape index (κ1) is 9.77. The van der Waals surface area contributed by atoms with Crippen LogP contribution in [0.5, 0.6) is 0 Å². The smallest absolute Gasteiger partial charge is 0.0249 e. The van der Waals surface area contributed by atoms with E-state index in [1.165, 1.54) is 22.0 Å². The number of halogens is 2. The molecule has 0 nitrogen and oxygen atoms in total. The van der Waals surface area contributed by atoms with Crippen LogP contribution < -0.4 is 0 Å². The summed E-state index contributed by atoms with van der Waals surface area (Å²) in [7, 11) is 0. The molecule has 60 valence electrons. The van der Waals surface area contributed by atoms with Crippen molar-refractivity contribution in [3.63, 3.8) is 0 Å². The van der Waals surface area contributed by atoms with E-state index in [1.807, 2.05) is 0 Å². The fourth-order valence-electron chi connectivity index (χ4n) is 1.03. The highest BCUT2D eigenvalue weighted by Gasteiger charge is 1.97. The van der Waals surface area contributed by atoms with Gasteiger partial charge in [0.15, 0.2) is 0 Å². The summed E-state index contributed by atoms with van der Waals surface area (Å²) in [5.74, 6) is 0. The summed E-state index contributed by atoms with van der Waals surface area (Å²) >= 11 is 4.84. The van der Waals surface area contributed by atoms with Crippen molar-refractivity contribution in [2.75, 3.05) is 4.43 Å². The van der Waals surface area contributed by atoms with Gasteiger partial charge in [-0.25, -0.2) is 0 Å². The number of aryl methyl sites for hydroxylation is 1. The van der Waals surface area contributed by atoms with Crippen molar-refractivity contribution in [1.82, 2.24) is 0 Å². The standard InChI is InChI=1S/C9H10I2/c10-6-5-8-3-1-2-4-9(8)7-11/h1-4H,5-7H2. The minimum atomic E-state index is 1.13. The average molecular weight is 372 g/mol. The Morgan fingerprint density at radius 3 is 2.18 bits per heavy atom. The van der Waals surface area contributed by atoms with E-state index < -0.39 is 0 Å². The van der Waals surface area contributed by atoms with Crippen LogP contribution in [0.3, 0.4) is 0 Å². The van der Waals surface area contributed by atoms with E-state index in [1.54, 1.807) is 0 Å². The molecule has 0 bridgehead atoms. The molecule has 1 rings (SSSR count). The van der Waals surface area contributed by atoms with Crippen molar-refractivity contribution in [2.45, 2.75) is 10.8 Å². The molecule has 0 aliphatic rings. The zero-order valence-corrected chi connectivity index (χ0v) is 10.5. The molecule has 0 saturated heterocycles. The van der Waals surface area contributed by atoms with Gasteiger partial charge in [-0.05, 0) is 17.5 Å². The first-order chi connectivity index (χ1) is 5.38. The van der Waals surface area contributed by atoms with E-state index in [0.717, 1.165) is 4.43 Å². The van der Waals surface area contributed by atoms with Gasteiger partial charge in [0, 0.05) is 8.86 Å². The van der Waals surface area contributed by atoms with Crippen molar-refractivity contribution >= 4 is 45.2 Å². The van der Waals surface area contributed by atoms with Crippen LogP contribution >= 0.6 is 45.2 Å². The van der Waals surface area contributed by atoms with Crippen LogP contribution in [-0.4, -0.2) is 4.43 Å². The number of rotatable bonds is 3. The lowest BCUT2D eigenvalue weighted by atomic mass is 10.1. The molecule has 1 aromatic rings. The molecule has 0 amide bonds. The van der Waals surface area contributed by atoms with E-state index in [9.17, 15) is 0 Å². The van der Waals surface area contributed by atoms with Crippen LogP contribution in [-0.2, 0) is 10.8 Å². The summed E-state index contributed by atoms with van der Waals surface area (Å²) < 4.78 is 2.34. The van der Waals surface area contributed by atoms with Gasteiger partial charge in [-0.1, -0.05) is 69.4 Å². The Labute approximate surface area is 95.0 Å². The molecule has 0 radical (unpaired) electrons. The molecule has 1 aromatic carbocycles. The molecule has 11 heavy (non-hydrogen) atoms. The average Bonchev–Trinajstić information content (AvgIpc) is 2.06. The van der Waals surface area contributed by atoms with Crippen molar-refractivity contribution < 1.29 is 0 Å². The molecular formula is C9H10I2. The van der Waals surface area contributed by atoms with Crippen LogP contribution in [0.25, 0.3) is 0 Å². The normalized spacial score (nSPS) is 10.0. The first-order valence-electron chi connectivity index (χ1n) is 3.57. The van der Waals surface area contributed by atoms with Gasteiger partial charge in [-0.3, -0.25) is 0 Å². The first-order valence-corrected chi connectivity index (χ1v) is 6.62. The third-order valence-corrected chi connectivity index (χ3v) is 2.99. The van der Waals surface area contributed by atoms with Crippen molar-refractivity contribution in [1.29, 1.82) is 0 Å². The largest absolute Gasteiger partial charge is 0.0860 e. The molecule has 0 spiro atoms. The Bertz CT molecular complexity index is 221. The second kappa shape index (κ2) is 5.35. The van der Waals surface area contributed by atoms with Crippen LogP contribution in [0.1, 0.15) is 11.1 Å². The Kier molecular flexibility index (Phi) is 4.75. The minimum absolute atomic E-state index is 1.13. The summed E-state index contributed by atoms with van der Waals surface area (Å²) in [6, 6.07) is 8.68. The van der Waals surface area contributed by atoms with Gasteiger partial charge in [0.2, 0.25) is 0 Å². The van der Waals surface area contributed by atoms with Gasteiger partial charge in [0.1, 0.15) is 0 Å². The highest BCUT2D eigenvalue weighted by Crippen LogP contribution is 2.13. The zero-order valence-electron chi connectivity index (χ0n) is 6.19. The molecule has 0 fully saturated rings. The summed E-state index contributed by atoms with van der Waals surface area (Å²) in [6.45, 7) is 0. The Morgan fingerprint density at radius 2 is 1.64 bits per heavy atom. The lowest BCUT2D eigenvalue weighted by Gasteiger charge is -2.03. The van der Waals surface area contributed by atoms with Gasteiger partial charge in [-0.15, -0.1) is 0 Å². The lowest BCUT2D eigenvalue weighted by Crippen LogP contribution is -1.91. The Morgan fingerprint density at radius 1 is 1.00 bits per heavy atom. The van der Waals surface area contributed by atoms with Gasteiger partial charge < -0.3 is 0 Å². The van der Waals surface area contributed by atoms with Crippen LogP contribution in [0.4, 0.5) is 0 Å². The number of hydrogen-bond donors (Lipinski definition) is 0. The molecule has 0 N–H and O–H groups in total. The maximum Gasteiger partial charge on any atom is 0.0249 e. The van der Waals surface area contributed by atoms with Gasteiger partial charge in [-0.2, -0.15) is 0 Å². The summed E-state index contributed by atoms with van der Waals surface area (Å²) in [5, 5.41) is 0. The molecule has 0 atom stereocenters. The third-order valence-electron chi connectivity index (χ3n) is 1.63. The van der Waals surface area contributed by atoms with Crippen LogP contribution in [0.2, 0.25) is 0 Å². The molecule has 0 aliphatic heterocycles. The molecule has 2 heteroatoms. The van der Waals surface area contributed by atoms with Crippen LogP contribution in [0, 0.1) is 0 Å². The molecule has 0 unspecified atom stereocenters. The maximum atomic E-state index is 2.42. The molecule has 0 aromatic heterocycles. The Hall–Kier alpha value is 0.680. The van der Waals surface area contributed by atoms with E-state index in [2.05, 4.69) is 69.4 Å². The van der Waals surface area contributed by atoms with Crippen molar-refractivity contribution in [3.05, 3.63) is 35.4 Å². The predicted octanol–water partition coefficient (Wildman–Crippen LogP) is 3.60. The van der Waals surface area contributed by atoms with E-state index in [0.29, 0.717) is 0 Å². The number of alkyl halides is 2. The Balaban J connectivity index is 2.83. The predicted molar refractivity (Wildman–Crippen MR) is 66.8 cm³/mol. The molecule has 0 saturated carbocycles. The van der Waals surface area contributed by atoms with E-state index in [-0.39, 0.29) is 0 Å². The van der Waals surface area contributed by atoms with Crippen molar-refractivity contribution in [3.8, 4) is 0 Å². The van der Waals surface area contributed by atoms with Gasteiger partial charge in [0.05, 0.1) is 0 Å². The second-order valence-corrected chi connectivity index (χ2v) is 4.18. The van der Waals surface area contributed by atoms with E-state index in [4.69, 9.17) is 0 Å². The molecular weight excluding hydrogens is 362 g/mol. The summed E-state index contributed by atoms with van der Waals surface area (Å²) in [5.41, 5.74) is 3.00. The fraction of sp³-hybridized carbons (Fsp3) is 0.333. The van der Waals surface area contributed by atoms with Gasteiger partial charge >= 0.3 is 0 Å². The van der Waals surface area contributed by atoms with Crippen LogP contribution in [0.15, 0.2) is 24.3 Å². The summed E-state index contributed by atoms with van der Waals surface area (Å²) in [6.07, 6.45) is 1.21. The number of hydrogen-bond acceptors (Lipinski definition) is 0. The third kappa shape index (κ3) is 2.89. The zero-order chi connectivity index (χ0) is 8.10. The van der Waals surface area contributed by atoms with Crippen molar-refractivity contribution in [2.24, 2.45) is 0 Å². The van der Waals surface area contributed by atoms with Gasteiger partial charge in [0.25, 0.3) is 0 Å². The highest BCUT2D eigenvalue weighted by atomic mass is 127. The SMILES string of the molecule is ICCc1ccccc1CI. The topological polar surface area (TPSA) is 0 Å². The van der Waals surface area contributed by atoms with E-state index >= 15 is 0 Å². The minimum Gasteiger partial charge on any atom is -0.0860 e. The lowest BCUT2D eigenvalue weighted by molar-refractivity contribution is 1.14.